The van der Waals surface area contributed by atoms with Crippen molar-refractivity contribution >= 4 is 34.1 Å². The lowest BCUT2D eigenvalue weighted by atomic mass is 10.1. The van der Waals surface area contributed by atoms with Crippen LogP contribution in [0.1, 0.15) is 21.5 Å². The molecule has 0 atom stereocenters. The van der Waals surface area contributed by atoms with E-state index in [1.807, 2.05) is 38.1 Å². The molecule has 8 heteroatoms. The Labute approximate surface area is 195 Å². The minimum atomic E-state index is -0.559. The van der Waals surface area contributed by atoms with Crippen LogP contribution < -0.4 is 15.8 Å². The van der Waals surface area contributed by atoms with E-state index in [9.17, 15) is 14.7 Å². The zero-order valence-corrected chi connectivity index (χ0v) is 18.9. The number of amides is 3. The van der Waals surface area contributed by atoms with Gasteiger partial charge in [-0.25, -0.2) is 9.78 Å². The molecule has 3 aromatic carbocycles. The second kappa shape index (κ2) is 9.54. The summed E-state index contributed by atoms with van der Waals surface area (Å²) in [6.45, 7) is 3.89. The highest BCUT2D eigenvalue weighted by atomic mass is 32.1. The van der Waals surface area contributed by atoms with Crippen molar-refractivity contribution in [2.45, 2.75) is 13.8 Å². The van der Waals surface area contributed by atoms with E-state index in [0.717, 1.165) is 16.1 Å². The van der Waals surface area contributed by atoms with Crippen molar-refractivity contribution in [2.24, 2.45) is 0 Å². The number of urea groups is 1. The molecule has 7 nitrogen and oxygen atoms in total. The van der Waals surface area contributed by atoms with E-state index in [1.165, 1.54) is 11.3 Å². The first kappa shape index (κ1) is 22.0. The minimum absolute atomic E-state index is 0.115. The normalized spacial score (nSPS) is 10.5. The maximum absolute atomic E-state index is 13.1. The number of hydrogen-bond donors (Lipinski definition) is 3. The molecule has 3 N–H and O–H groups in total. The van der Waals surface area contributed by atoms with Crippen LogP contribution in [0, 0.1) is 13.8 Å². The van der Waals surface area contributed by atoms with Crippen LogP contribution in [0.3, 0.4) is 0 Å². The van der Waals surface area contributed by atoms with Crippen LogP contribution in [0.5, 0.6) is 5.75 Å². The Hall–Kier alpha value is -4.17. The number of nitrogens with one attached hydrogen (secondary N) is 2. The van der Waals surface area contributed by atoms with E-state index in [0.29, 0.717) is 22.5 Å². The number of aryl methyl sites for hydroxylation is 2. The molecule has 166 valence electrons. The third kappa shape index (κ3) is 5.36. The number of phenols is 1. The molecule has 0 bridgehead atoms. The number of nitrogens with zero attached hydrogens (tertiary/aromatic N) is 2. The standard InChI is InChI=1S/C25H22N4O3S/c1-16-6-10-18(11-7-16)23(31)28-29(24(32)26-20-12-8-17(2)9-13-20)25-27-22(15-33-25)19-4-3-5-21(30)14-19/h3-15,30H,1-2H3,(H,26,32)(H,28,31). The van der Waals surface area contributed by atoms with Gasteiger partial charge in [0.2, 0.25) is 5.13 Å². The van der Waals surface area contributed by atoms with Crippen LogP contribution in [0.2, 0.25) is 0 Å². The van der Waals surface area contributed by atoms with E-state index in [1.54, 1.807) is 53.9 Å². The second-order valence-corrected chi connectivity index (χ2v) is 8.34. The predicted molar refractivity (Wildman–Crippen MR) is 131 cm³/mol. The quantitative estimate of drug-likeness (QED) is 0.351. The first-order valence-electron chi connectivity index (χ1n) is 10.2. The van der Waals surface area contributed by atoms with Crippen molar-refractivity contribution in [3.8, 4) is 17.0 Å². The van der Waals surface area contributed by atoms with Crippen LogP contribution in [-0.4, -0.2) is 22.0 Å². The molecule has 33 heavy (non-hydrogen) atoms. The Bertz CT molecular complexity index is 1280. The third-order valence-corrected chi connectivity index (χ3v) is 5.68. The lowest BCUT2D eigenvalue weighted by Crippen LogP contribution is -2.48. The average Bonchev–Trinajstić information content (AvgIpc) is 3.29. The van der Waals surface area contributed by atoms with Crippen molar-refractivity contribution in [2.75, 3.05) is 10.3 Å². The molecule has 0 aliphatic heterocycles. The molecule has 1 aromatic heterocycles. The van der Waals surface area contributed by atoms with Gasteiger partial charge in [-0.3, -0.25) is 10.2 Å². The largest absolute Gasteiger partial charge is 0.508 e. The number of carbonyl (C=O) groups is 2. The summed E-state index contributed by atoms with van der Waals surface area (Å²) in [5.41, 5.74) is 7.02. The number of thiazole rings is 1. The maximum atomic E-state index is 13.1. The summed E-state index contributed by atoms with van der Waals surface area (Å²) in [5.74, 6) is -0.327. The lowest BCUT2D eigenvalue weighted by molar-refractivity contribution is 0.0951. The van der Waals surface area contributed by atoms with E-state index < -0.39 is 11.9 Å². The Morgan fingerprint density at radius 1 is 0.939 bits per heavy atom. The lowest BCUT2D eigenvalue weighted by Gasteiger charge is -2.21. The van der Waals surface area contributed by atoms with Crippen LogP contribution in [0.15, 0.2) is 78.2 Å². The summed E-state index contributed by atoms with van der Waals surface area (Å²) >= 11 is 1.20. The highest BCUT2D eigenvalue weighted by Gasteiger charge is 2.23. The van der Waals surface area contributed by atoms with Gasteiger partial charge in [0, 0.05) is 22.2 Å². The van der Waals surface area contributed by atoms with Gasteiger partial charge in [-0.15, -0.1) is 11.3 Å². The number of hydrazine groups is 1. The Kier molecular flexibility index (Phi) is 6.37. The number of carbonyl (C=O) groups excluding carboxylic acids is 2. The molecule has 4 rings (SSSR count). The number of hydrogen-bond acceptors (Lipinski definition) is 5. The second-order valence-electron chi connectivity index (χ2n) is 7.50. The van der Waals surface area contributed by atoms with Crippen molar-refractivity contribution in [3.05, 3.63) is 94.9 Å². The van der Waals surface area contributed by atoms with E-state index in [2.05, 4.69) is 15.7 Å². The monoisotopic (exact) mass is 458 g/mol. The minimum Gasteiger partial charge on any atom is -0.508 e. The topological polar surface area (TPSA) is 94.6 Å². The smallest absolute Gasteiger partial charge is 0.347 e. The maximum Gasteiger partial charge on any atom is 0.347 e. The fourth-order valence-corrected chi connectivity index (χ4v) is 3.83. The van der Waals surface area contributed by atoms with Crippen LogP contribution in [-0.2, 0) is 0 Å². The summed E-state index contributed by atoms with van der Waals surface area (Å²) in [4.78, 5) is 30.5. The van der Waals surface area contributed by atoms with Gasteiger partial charge in [0.1, 0.15) is 5.75 Å². The highest BCUT2D eigenvalue weighted by molar-refractivity contribution is 7.14. The van der Waals surface area contributed by atoms with Gasteiger partial charge in [0.05, 0.1) is 5.69 Å². The summed E-state index contributed by atoms with van der Waals surface area (Å²) in [6, 6.07) is 20.5. The van der Waals surface area contributed by atoms with Gasteiger partial charge in [0.15, 0.2) is 0 Å². The molecule has 0 saturated carbocycles. The van der Waals surface area contributed by atoms with E-state index in [-0.39, 0.29) is 10.9 Å². The SMILES string of the molecule is Cc1ccc(NC(=O)N(NC(=O)c2ccc(C)cc2)c2nc(-c3cccc(O)c3)cs2)cc1. The average molecular weight is 459 g/mol. The first-order valence-corrected chi connectivity index (χ1v) is 11.1. The first-order chi connectivity index (χ1) is 15.9. The number of benzene rings is 3. The third-order valence-electron chi connectivity index (χ3n) is 4.86. The van der Waals surface area contributed by atoms with Crippen LogP contribution >= 0.6 is 11.3 Å². The number of phenolic OH excluding ortho intramolecular Hbond substituents is 1. The zero-order valence-electron chi connectivity index (χ0n) is 18.1. The molecule has 0 unspecified atom stereocenters. The van der Waals surface area contributed by atoms with Crippen molar-refractivity contribution < 1.29 is 14.7 Å². The van der Waals surface area contributed by atoms with Crippen molar-refractivity contribution in [3.63, 3.8) is 0 Å². The fourth-order valence-electron chi connectivity index (χ4n) is 3.04. The van der Waals surface area contributed by atoms with Crippen molar-refractivity contribution in [1.82, 2.24) is 10.4 Å². The number of aromatic nitrogens is 1. The number of anilines is 2. The number of rotatable bonds is 4. The fraction of sp³-hybridized carbons (Fsp3) is 0.0800. The van der Waals surface area contributed by atoms with Gasteiger partial charge in [-0.1, -0.05) is 47.5 Å². The summed E-state index contributed by atoms with van der Waals surface area (Å²) in [6.07, 6.45) is 0. The molecular weight excluding hydrogens is 436 g/mol. The highest BCUT2D eigenvalue weighted by Crippen LogP contribution is 2.29. The Morgan fingerprint density at radius 2 is 1.61 bits per heavy atom. The molecule has 0 fully saturated rings. The zero-order chi connectivity index (χ0) is 23.4. The molecular formula is C25H22N4O3S. The molecule has 0 aliphatic carbocycles. The Morgan fingerprint density at radius 3 is 2.27 bits per heavy atom. The summed E-state index contributed by atoms with van der Waals surface area (Å²) in [7, 11) is 0. The molecule has 4 aromatic rings. The summed E-state index contributed by atoms with van der Waals surface area (Å²) in [5, 5.41) is 15.7. The van der Waals surface area contributed by atoms with Crippen LogP contribution in [0.25, 0.3) is 11.3 Å². The van der Waals surface area contributed by atoms with Gasteiger partial charge in [0.25, 0.3) is 5.91 Å². The molecule has 0 saturated heterocycles. The summed E-state index contributed by atoms with van der Waals surface area (Å²) < 4.78 is 0. The Balaban J connectivity index is 1.63. The van der Waals surface area contributed by atoms with Gasteiger partial charge < -0.3 is 10.4 Å². The molecule has 0 spiro atoms. The van der Waals surface area contributed by atoms with E-state index in [4.69, 9.17) is 0 Å². The molecule has 0 aliphatic rings. The predicted octanol–water partition coefficient (Wildman–Crippen LogP) is 5.52. The van der Waals surface area contributed by atoms with E-state index >= 15 is 0 Å². The van der Waals surface area contributed by atoms with Gasteiger partial charge in [-0.2, -0.15) is 5.01 Å². The van der Waals surface area contributed by atoms with Gasteiger partial charge in [-0.05, 0) is 50.2 Å². The van der Waals surface area contributed by atoms with Crippen molar-refractivity contribution in [1.29, 1.82) is 0 Å². The van der Waals surface area contributed by atoms with Gasteiger partial charge >= 0.3 is 6.03 Å². The van der Waals surface area contributed by atoms with Crippen LogP contribution in [0.4, 0.5) is 15.6 Å². The molecule has 3 amide bonds. The molecule has 0 radical (unpaired) electrons. The molecule has 1 heterocycles. The number of aromatic hydroxyl groups is 1.